The maximum absolute atomic E-state index is 10.4. The maximum Gasteiger partial charge on any atom is 0.397 e. The van der Waals surface area contributed by atoms with Crippen LogP contribution in [0.4, 0.5) is 0 Å². The van der Waals surface area contributed by atoms with Crippen molar-refractivity contribution in [2.75, 3.05) is 6.61 Å². The van der Waals surface area contributed by atoms with Crippen LogP contribution < -0.4 is 6.15 Å². The first-order valence-corrected chi connectivity index (χ1v) is 8.75. The molecule has 4 N–H and O–H groups in total. The number of hydrogen-bond acceptors (Lipinski definition) is 4. The summed E-state index contributed by atoms with van der Waals surface area (Å²) in [4.78, 5) is 0. The predicted octanol–water partition coefficient (Wildman–Crippen LogP) is 4.52. The lowest BCUT2D eigenvalue weighted by Crippen LogP contribution is -2.13. The first-order valence-electron chi connectivity index (χ1n) is 7.39. The molecule has 0 amide bonds. The highest BCUT2D eigenvalue weighted by atomic mass is 32.3. The number of hydrogen-bond donors (Lipinski definition) is 2. The van der Waals surface area contributed by atoms with Gasteiger partial charge in [0, 0.05) is 0 Å². The molecule has 0 unspecified atom stereocenters. The smallest absolute Gasteiger partial charge is 0.344 e. The van der Waals surface area contributed by atoms with Crippen LogP contribution in [0.5, 0.6) is 0 Å². The van der Waals surface area contributed by atoms with Crippen LogP contribution in [0.3, 0.4) is 0 Å². The van der Waals surface area contributed by atoms with Crippen molar-refractivity contribution < 1.29 is 17.2 Å². The third-order valence-electron chi connectivity index (χ3n) is 3.44. The lowest BCUT2D eigenvalue weighted by Gasteiger charge is -2.24. The summed E-state index contributed by atoms with van der Waals surface area (Å²) in [6.45, 7) is 6.69. The fourth-order valence-electron chi connectivity index (χ4n) is 2.22. The van der Waals surface area contributed by atoms with Gasteiger partial charge in [-0.05, 0) is 24.7 Å². The Hall–Kier alpha value is -0.170. The second kappa shape index (κ2) is 11.5. The highest BCUT2D eigenvalue weighted by molar-refractivity contribution is 7.80. The summed E-state index contributed by atoms with van der Waals surface area (Å²) in [6.07, 6.45) is 10.5. The second-order valence-electron chi connectivity index (χ2n) is 6.04. The summed E-state index contributed by atoms with van der Waals surface area (Å²) in [7, 11) is -4.27. The first kappa shape index (κ1) is 22.1. The average molecular weight is 311 g/mol. The van der Waals surface area contributed by atoms with E-state index in [1.165, 1.54) is 38.5 Å². The third-order valence-corrected chi connectivity index (χ3v) is 3.90. The van der Waals surface area contributed by atoms with Gasteiger partial charge in [-0.25, -0.2) is 4.18 Å². The molecule has 0 spiro atoms. The molecule has 0 atom stereocenters. The predicted molar refractivity (Wildman–Crippen MR) is 83.5 cm³/mol. The average Bonchev–Trinajstić information content (AvgIpc) is 2.28. The van der Waals surface area contributed by atoms with E-state index in [9.17, 15) is 8.42 Å². The van der Waals surface area contributed by atoms with E-state index in [0.29, 0.717) is 6.42 Å². The molecule has 0 rings (SSSR count). The van der Waals surface area contributed by atoms with Crippen molar-refractivity contribution in [2.45, 2.75) is 78.6 Å². The normalized spacial score (nSPS) is 12.2. The van der Waals surface area contributed by atoms with Crippen molar-refractivity contribution in [2.24, 2.45) is 5.41 Å². The Morgan fingerprint density at radius 1 is 0.950 bits per heavy atom. The van der Waals surface area contributed by atoms with Crippen LogP contribution in [0.25, 0.3) is 0 Å². The minimum Gasteiger partial charge on any atom is -0.344 e. The van der Waals surface area contributed by atoms with E-state index in [-0.39, 0.29) is 18.2 Å². The molecule has 20 heavy (non-hydrogen) atoms. The van der Waals surface area contributed by atoms with Crippen LogP contribution in [0.1, 0.15) is 78.6 Å². The summed E-state index contributed by atoms with van der Waals surface area (Å²) in [5, 5.41) is 0. The Labute approximate surface area is 125 Å². The molecule has 0 aliphatic heterocycles. The Morgan fingerprint density at radius 2 is 1.45 bits per heavy atom. The van der Waals surface area contributed by atoms with Crippen molar-refractivity contribution in [1.29, 1.82) is 0 Å². The lowest BCUT2D eigenvalue weighted by atomic mass is 9.82. The lowest BCUT2D eigenvalue weighted by molar-refractivity contribution is 0.225. The first-order chi connectivity index (χ1) is 8.77. The number of rotatable bonds is 12. The highest BCUT2D eigenvalue weighted by Gasteiger charge is 2.17. The zero-order valence-corrected chi connectivity index (χ0v) is 14.2. The third kappa shape index (κ3) is 15.9. The molecule has 6 heteroatoms. The standard InChI is InChI=1S/C14H30O4S.H3N/c1-4-5-6-7-8-9-11-14(2,3)12-10-13-18-19(15,16)17;/h4-13H2,1-3H3,(H,15,16,17);1H3. The molecular weight excluding hydrogens is 278 g/mol. The van der Waals surface area contributed by atoms with Gasteiger partial charge in [0.25, 0.3) is 0 Å². The van der Waals surface area contributed by atoms with Gasteiger partial charge < -0.3 is 6.15 Å². The van der Waals surface area contributed by atoms with Gasteiger partial charge in [-0.2, -0.15) is 8.42 Å². The SMILES string of the molecule is CCCCCCCCC(C)(C)CCCOS(=O)(=O)O.N. The van der Waals surface area contributed by atoms with Gasteiger partial charge in [-0.3, -0.25) is 4.55 Å². The van der Waals surface area contributed by atoms with Crippen LogP contribution in [-0.2, 0) is 14.6 Å². The summed E-state index contributed by atoms with van der Waals surface area (Å²) >= 11 is 0. The van der Waals surface area contributed by atoms with Crippen LogP contribution >= 0.6 is 0 Å². The van der Waals surface area contributed by atoms with Gasteiger partial charge in [0.2, 0.25) is 0 Å². The minimum absolute atomic E-state index is 0. The van der Waals surface area contributed by atoms with Crippen molar-refractivity contribution >= 4 is 10.4 Å². The van der Waals surface area contributed by atoms with Gasteiger partial charge in [0.05, 0.1) is 6.61 Å². The van der Waals surface area contributed by atoms with Crippen LogP contribution in [-0.4, -0.2) is 19.6 Å². The van der Waals surface area contributed by atoms with Gasteiger partial charge in [0.15, 0.2) is 0 Å². The highest BCUT2D eigenvalue weighted by Crippen LogP contribution is 2.29. The maximum atomic E-state index is 10.4. The zero-order chi connectivity index (χ0) is 14.8. The van der Waals surface area contributed by atoms with E-state index < -0.39 is 10.4 Å². The summed E-state index contributed by atoms with van der Waals surface area (Å²) in [5.41, 5.74) is 0.216. The molecule has 0 aliphatic carbocycles. The van der Waals surface area contributed by atoms with E-state index in [4.69, 9.17) is 4.55 Å². The molecule has 0 saturated heterocycles. The molecule has 0 aromatic carbocycles. The largest absolute Gasteiger partial charge is 0.397 e. The second-order valence-corrected chi connectivity index (χ2v) is 7.13. The van der Waals surface area contributed by atoms with Crippen molar-refractivity contribution in [3.05, 3.63) is 0 Å². The topological polar surface area (TPSA) is 98.6 Å². The Morgan fingerprint density at radius 3 is 2.00 bits per heavy atom. The summed E-state index contributed by atoms with van der Waals surface area (Å²) in [6, 6.07) is 0. The molecule has 0 saturated carbocycles. The zero-order valence-electron chi connectivity index (χ0n) is 13.4. The Kier molecular flexibility index (Phi) is 12.7. The summed E-state index contributed by atoms with van der Waals surface area (Å²) in [5.74, 6) is 0. The van der Waals surface area contributed by atoms with Gasteiger partial charge in [0.1, 0.15) is 0 Å². The Balaban J connectivity index is 0. The van der Waals surface area contributed by atoms with Gasteiger partial charge in [-0.1, -0.05) is 59.3 Å². The summed E-state index contributed by atoms with van der Waals surface area (Å²) < 4.78 is 33.5. The molecule has 0 bridgehead atoms. The van der Waals surface area contributed by atoms with E-state index >= 15 is 0 Å². The fraction of sp³-hybridized carbons (Fsp3) is 1.00. The quantitative estimate of drug-likeness (QED) is 0.407. The molecule has 0 fully saturated rings. The van der Waals surface area contributed by atoms with Crippen molar-refractivity contribution in [1.82, 2.24) is 6.15 Å². The van der Waals surface area contributed by atoms with Gasteiger partial charge >= 0.3 is 10.4 Å². The van der Waals surface area contributed by atoms with Crippen LogP contribution in [0, 0.1) is 5.41 Å². The van der Waals surface area contributed by atoms with Crippen LogP contribution in [0.2, 0.25) is 0 Å². The molecule has 0 aromatic rings. The molecule has 0 radical (unpaired) electrons. The molecule has 124 valence electrons. The number of unbranched alkanes of at least 4 members (excludes halogenated alkanes) is 5. The van der Waals surface area contributed by atoms with E-state index in [1.54, 1.807) is 0 Å². The Bertz CT molecular complexity index is 315. The van der Waals surface area contributed by atoms with E-state index in [2.05, 4.69) is 25.0 Å². The molecule has 0 aromatic heterocycles. The molecule has 0 aliphatic rings. The molecule has 5 nitrogen and oxygen atoms in total. The molecule has 0 heterocycles. The molecular formula is C14H33NO4S. The fourth-order valence-corrected chi connectivity index (χ4v) is 2.55. The van der Waals surface area contributed by atoms with Gasteiger partial charge in [-0.15, -0.1) is 0 Å². The van der Waals surface area contributed by atoms with Crippen molar-refractivity contribution in [3.8, 4) is 0 Å². The minimum atomic E-state index is -4.27. The van der Waals surface area contributed by atoms with E-state index in [1.807, 2.05) is 0 Å². The monoisotopic (exact) mass is 311 g/mol. The van der Waals surface area contributed by atoms with E-state index in [0.717, 1.165) is 12.8 Å². The van der Waals surface area contributed by atoms with Crippen molar-refractivity contribution in [3.63, 3.8) is 0 Å². The van der Waals surface area contributed by atoms with Crippen LogP contribution in [0.15, 0.2) is 0 Å².